The number of fused-ring (bicyclic) bond motifs is 1. The zero-order chi connectivity index (χ0) is 23.9. The van der Waals surface area contributed by atoms with Gasteiger partial charge in [0.05, 0.1) is 36.6 Å². The van der Waals surface area contributed by atoms with Crippen LogP contribution in [0.3, 0.4) is 0 Å². The number of carbonyl (C=O) groups is 1. The van der Waals surface area contributed by atoms with Crippen LogP contribution >= 0.6 is 0 Å². The van der Waals surface area contributed by atoms with Crippen LogP contribution in [0, 0.1) is 5.82 Å². The van der Waals surface area contributed by atoms with Crippen LogP contribution in [0.2, 0.25) is 0 Å². The Kier molecular flexibility index (Phi) is 5.79. The Bertz CT molecular complexity index is 1330. The molecule has 12 nitrogen and oxygen atoms in total. The molecule has 1 amide bonds. The number of piperazine rings is 1. The molecule has 1 atom stereocenters. The summed E-state index contributed by atoms with van der Waals surface area (Å²) < 4.78 is 47.0. The maximum Gasteiger partial charge on any atom is 0.263 e. The van der Waals surface area contributed by atoms with Gasteiger partial charge in [-0.2, -0.15) is 4.31 Å². The van der Waals surface area contributed by atoms with Crippen molar-refractivity contribution in [1.82, 2.24) is 23.9 Å². The smallest absolute Gasteiger partial charge is 0.263 e. The van der Waals surface area contributed by atoms with E-state index < -0.39 is 27.0 Å². The second-order valence-corrected chi connectivity index (χ2v) is 10.3. The molecule has 5 rings (SSSR count). The molecule has 1 unspecified atom stereocenters. The van der Waals surface area contributed by atoms with Crippen LogP contribution in [0.1, 0.15) is 16.8 Å². The van der Waals surface area contributed by atoms with Crippen LogP contribution in [0.25, 0.3) is 5.65 Å². The van der Waals surface area contributed by atoms with Crippen LogP contribution in [0.15, 0.2) is 30.9 Å². The van der Waals surface area contributed by atoms with E-state index >= 15 is 0 Å². The number of halogens is 1. The molecule has 3 aromatic heterocycles. The predicted molar refractivity (Wildman–Crippen MR) is 121 cm³/mol. The summed E-state index contributed by atoms with van der Waals surface area (Å²) in [5.74, 6) is -1.27. The first-order valence-corrected chi connectivity index (χ1v) is 12.2. The lowest BCUT2D eigenvalue weighted by Crippen LogP contribution is -2.51. The number of rotatable bonds is 5. The van der Waals surface area contributed by atoms with Crippen LogP contribution in [0.4, 0.5) is 21.6 Å². The average molecular weight is 491 g/mol. The first-order chi connectivity index (χ1) is 16.3. The maximum absolute atomic E-state index is 13.4. The highest BCUT2D eigenvalue weighted by atomic mass is 32.2. The number of nitrogens with one attached hydrogen (secondary N) is 1. The zero-order valence-corrected chi connectivity index (χ0v) is 18.9. The summed E-state index contributed by atoms with van der Waals surface area (Å²) in [6.07, 6.45) is 5.67. The molecule has 0 aliphatic carbocycles. The standard InChI is InChI=1S/C20H23FN8O4S/c21-13-9-24-19-17(18(22)26-29(19)11-13)20(30)25-15-10-23-3-1-16(15)27-4-6-28(7-5-27)34(31,32)14-2-8-33-12-14/h1,3,9-11,14H,2,4-8,12H2,(H2,22,26)(H,25,30). The van der Waals surface area contributed by atoms with E-state index in [-0.39, 0.29) is 23.6 Å². The quantitative estimate of drug-likeness (QED) is 0.516. The van der Waals surface area contributed by atoms with Gasteiger partial charge < -0.3 is 20.7 Å². The number of nitrogens with zero attached hydrogens (tertiary/aromatic N) is 6. The summed E-state index contributed by atoms with van der Waals surface area (Å²) in [7, 11) is -3.41. The van der Waals surface area contributed by atoms with Gasteiger partial charge in [-0.15, -0.1) is 5.10 Å². The van der Waals surface area contributed by atoms with Gasteiger partial charge in [0.15, 0.2) is 17.3 Å². The van der Waals surface area contributed by atoms with E-state index in [2.05, 4.69) is 20.4 Å². The number of anilines is 3. The van der Waals surface area contributed by atoms with Gasteiger partial charge in [-0.3, -0.25) is 9.78 Å². The van der Waals surface area contributed by atoms with E-state index in [1.165, 1.54) is 10.5 Å². The van der Waals surface area contributed by atoms with Gasteiger partial charge in [-0.05, 0) is 12.5 Å². The van der Waals surface area contributed by atoms with Gasteiger partial charge in [-0.25, -0.2) is 22.3 Å². The summed E-state index contributed by atoms with van der Waals surface area (Å²) >= 11 is 0. The highest BCUT2D eigenvalue weighted by Crippen LogP contribution is 2.28. The van der Waals surface area contributed by atoms with Crippen LogP contribution < -0.4 is 16.0 Å². The number of hydrogen-bond donors (Lipinski definition) is 2. The third-order valence-electron chi connectivity index (χ3n) is 5.99. The van der Waals surface area contributed by atoms with Crippen LogP contribution in [-0.4, -0.2) is 82.9 Å². The summed E-state index contributed by atoms with van der Waals surface area (Å²) in [5.41, 5.74) is 7.15. The van der Waals surface area contributed by atoms with Gasteiger partial charge in [-0.1, -0.05) is 0 Å². The Morgan fingerprint density at radius 2 is 2.03 bits per heavy atom. The number of aromatic nitrogens is 4. The minimum absolute atomic E-state index is 0.0181. The second kappa shape index (κ2) is 8.77. The number of nitrogens with two attached hydrogens (primary N) is 1. The van der Waals surface area contributed by atoms with Crippen molar-refractivity contribution in [3.05, 3.63) is 42.2 Å². The van der Waals surface area contributed by atoms with Crippen molar-refractivity contribution in [3.8, 4) is 0 Å². The van der Waals surface area contributed by atoms with Crippen molar-refractivity contribution in [2.24, 2.45) is 0 Å². The minimum Gasteiger partial charge on any atom is -0.381 e. The Morgan fingerprint density at radius 1 is 1.24 bits per heavy atom. The Morgan fingerprint density at radius 3 is 2.76 bits per heavy atom. The summed E-state index contributed by atoms with van der Waals surface area (Å²) in [6.45, 7) is 2.23. The van der Waals surface area contributed by atoms with Gasteiger partial charge in [0.25, 0.3) is 5.91 Å². The first kappa shape index (κ1) is 22.4. The molecule has 2 saturated heterocycles. The monoisotopic (exact) mass is 490 g/mol. The van der Waals surface area contributed by atoms with Crippen molar-refractivity contribution in [3.63, 3.8) is 0 Å². The Hall–Kier alpha value is -3.36. The largest absolute Gasteiger partial charge is 0.381 e. The highest BCUT2D eigenvalue weighted by molar-refractivity contribution is 7.89. The van der Waals surface area contributed by atoms with Crippen molar-refractivity contribution < 1.29 is 22.3 Å². The van der Waals surface area contributed by atoms with E-state index in [0.29, 0.717) is 50.6 Å². The molecule has 14 heteroatoms. The molecule has 0 radical (unpaired) electrons. The number of amides is 1. The maximum atomic E-state index is 13.4. The third kappa shape index (κ3) is 4.03. The third-order valence-corrected chi connectivity index (χ3v) is 8.29. The highest BCUT2D eigenvalue weighted by Gasteiger charge is 2.36. The topological polar surface area (TPSA) is 148 Å². The molecular weight excluding hydrogens is 467 g/mol. The molecule has 3 aromatic rings. The molecule has 2 aliphatic rings. The molecular formula is C20H23FN8O4S. The van der Waals surface area contributed by atoms with Crippen LogP contribution in [0.5, 0.6) is 0 Å². The van der Waals surface area contributed by atoms with Gasteiger partial charge in [0.2, 0.25) is 10.0 Å². The van der Waals surface area contributed by atoms with Gasteiger partial charge >= 0.3 is 0 Å². The van der Waals surface area contributed by atoms with Gasteiger partial charge in [0.1, 0.15) is 10.8 Å². The summed E-state index contributed by atoms with van der Waals surface area (Å²) in [5, 5.41) is 6.24. The number of nitrogen functional groups attached to an aromatic ring is 1. The molecule has 2 aliphatic heterocycles. The van der Waals surface area contributed by atoms with E-state index in [0.717, 1.165) is 16.9 Å². The fourth-order valence-corrected chi connectivity index (χ4v) is 5.99. The first-order valence-electron chi connectivity index (χ1n) is 10.7. The normalized spacial score (nSPS) is 19.6. The molecule has 3 N–H and O–H groups in total. The van der Waals surface area contributed by atoms with Crippen molar-refractivity contribution in [1.29, 1.82) is 0 Å². The van der Waals surface area contributed by atoms with E-state index in [9.17, 15) is 17.6 Å². The lowest BCUT2D eigenvalue weighted by atomic mass is 10.2. The van der Waals surface area contributed by atoms with Gasteiger partial charge in [0, 0.05) is 39.0 Å². The van der Waals surface area contributed by atoms with Crippen molar-refractivity contribution >= 4 is 38.8 Å². The number of sulfonamides is 1. The molecule has 0 aromatic carbocycles. The molecule has 34 heavy (non-hydrogen) atoms. The molecule has 2 fully saturated rings. The molecule has 0 bridgehead atoms. The SMILES string of the molecule is Nc1nn2cc(F)cnc2c1C(=O)Nc1cnccc1N1CCN(S(=O)(=O)C2CCOC2)CC1. The molecule has 5 heterocycles. The minimum atomic E-state index is -3.41. The second-order valence-electron chi connectivity index (χ2n) is 8.06. The van der Waals surface area contributed by atoms with Crippen molar-refractivity contribution in [2.75, 3.05) is 55.3 Å². The zero-order valence-electron chi connectivity index (χ0n) is 18.1. The van der Waals surface area contributed by atoms with E-state index in [1.807, 2.05) is 4.90 Å². The molecule has 0 spiro atoms. The fourth-order valence-electron chi connectivity index (χ4n) is 4.23. The lowest BCUT2D eigenvalue weighted by Gasteiger charge is -2.37. The number of pyridine rings is 1. The van der Waals surface area contributed by atoms with E-state index in [1.54, 1.807) is 12.3 Å². The van der Waals surface area contributed by atoms with Crippen molar-refractivity contribution in [2.45, 2.75) is 11.7 Å². The fraction of sp³-hybridized carbons (Fsp3) is 0.400. The Balaban J connectivity index is 1.33. The summed E-state index contributed by atoms with van der Waals surface area (Å²) in [4.78, 5) is 23.1. The number of ether oxygens (including phenoxy) is 1. The predicted octanol–water partition coefficient (Wildman–Crippen LogP) is 0.339. The Labute approximate surface area is 194 Å². The lowest BCUT2D eigenvalue weighted by molar-refractivity contribution is 0.102. The summed E-state index contributed by atoms with van der Waals surface area (Å²) in [6, 6.07) is 1.75. The number of carbonyl (C=O) groups excluding carboxylic acids is 1. The van der Waals surface area contributed by atoms with E-state index in [4.69, 9.17) is 10.5 Å². The molecule has 180 valence electrons. The average Bonchev–Trinajstić information content (AvgIpc) is 3.47. The molecule has 0 saturated carbocycles. The number of hydrogen-bond acceptors (Lipinski definition) is 9. The van der Waals surface area contributed by atoms with Crippen LogP contribution in [-0.2, 0) is 14.8 Å².